The van der Waals surface area contributed by atoms with Crippen molar-refractivity contribution in [3.05, 3.63) is 462 Å². The van der Waals surface area contributed by atoms with E-state index in [0.717, 1.165) is 127 Å². The van der Waals surface area contributed by atoms with E-state index in [9.17, 15) is 10.0 Å². The zero-order valence-corrected chi connectivity index (χ0v) is 85.4. The van der Waals surface area contributed by atoms with Crippen LogP contribution in [-0.4, -0.2) is 80.3 Å². The van der Waals surface area contributed by atoms with Gasteiger partial charge in [-0.1, -0.05) is 415 Å². The van der Waals surface area contributed by atoms with Gasteiger partial charge in [0.2, 0.25) is 5.28 Å². The summed E-state index contributed by atoms with van der Waals surface area (Å²) in [6.07, 6.45) is 0. The normalized spacial score (nSPS) is 13.5. The second-order valence-corrected chi connectivity index (χ2v) is 40.5. The molecule has 726 valence electrons. The summed E-state index contributed by atoms with van der Waals surface area (Å²) in [6, 6.07) is 143. The molecule has 0 radical (unpaired) electrons. The quantitative estimate of drug-likeness (QED) is 0.103. The van der Waals surface area contributed by atoms with Gasteiger partial charge in [0.25, 0.3) is 0 Å². The van der Waals surface area contributed by atoms with Crippen molar-refractivity contribution in [3.63, 3.8) is 0 Å². The highest BCUT2D eigenvalue weighted by molar-refractivity contribution is 6.68. The summed E-state index contributed by atoms with van der Waals surface area (Å²) in [6.45, 7) is 17.3. The van der Waals surface area contributed by atoms with E-state index in [2.05, 4.69) is 170 Å². The Balaban J connectivity index is 0.000000109. The van der Waals surface area contributed by atoms with Gasteiger partial charge < -0.3 is 32.6 Å². The first-order chi connectivity index (χ1) is 72.9. The van der Waals surface area contributed by atoms with Crippen molar-refractivity contribution >= 4 is 126 Å². The third kappa shape index (κ3) is 18.6. The predicted octanol–water partition coefficient (Wildman–Crippen LogP) is 31.6. The van der Waals surface area contributed by atoms with E-state index in [0.29, 0.717) is 73.2 Å². The van der Waals surface area contributed by atoms with E-state index >= 15 is 0 Å². The molecule has 24 aromatic rings. The van der Waals surface area contributed by atoms with Crippen LogP contribution >= 0.6 is 34.8 Å². The highest BCUT2D eigenvalue weighted by Gasteiger charge is 2.53. The number of para-hydroxylation sites is 3. The number of furan rings is 3. The third-order valence-corrected chi connectivity index (χ3v) is 29.6. The van der Waals surface area contributed by atoms with Crippen molar-refractivity contribution in [1.82, 2.24) is 44.9 Å². The maximum Gasteiger partial charge on any atom is 0.500 e. The van der Waals surface area contributed by atoms with E-state index in [1.807, 2.05) is 313 Å². The molecule has 0 unspecified atom stereocenters. The number of benzene rings is 18. The van der Waals surface area contributed by atoms with Crippen LogP contribution in [0.25, 0.3) is 213 Å². The molecule has 18 aromatic carbocycles. The topological polar surface area (TPSA) is 214 Å². The fourth-order valence-corrected chi connectivity index (χ4v) is 20.9. The average molecular weight is 2010 g/mol. The van der Waals surface area contributed by atoms with Gasteiger partial charge in [0.1, 0.15) is 33.5 Å². The average Bonchev–Trinajstić information content (AvgIpc) is 1.58. The van der Waals surface area contributed by atoms with Crippen LogP contribution in [0, 0.1) is 0 Å². The van der Waals surface area contributed by atoms with E-state index in [1.54, 1.807) is 12.1 Å². The molecule has 1 aliphatic heterocycles. The number of hydrogen-bond acceptors (Lipinski definition) is 16. The molecule has 2 N–H and O–H groups in total. The van der Waals surface area contributed by atoms with E-state index in [4.69, 9.17) is 87.3 Å². The lowest BCUT2D eigenvalue weighted by Gasteiger charge is -2.32. The molecule has 3 aliphatic rings. The lowest BCUT2D eigenvalue weighted by Crippen LogP contribution is -2.41. The highest BCUT2D eigenvalue weighted by atomic mass is 35.5. The first kappa shape index (κ1) is 96.7. The van der Waals surface area contributed by atoms with E-state index in [1.165, 1.54) is 55.6 Å². The van der Waals surface area contributed by atoms with Crippen LogP contribution < -0.4 is 10.9 Å². The summed E-state index contributed by atoms with van der Waals surface area (Å²) in [5.74, 6) is 4.60. The Morgan fingerprint density at radius 2 is 0.520 bits per heavy atom. The van der Waals surface area contributed by atoms with E-state index in [-0.39, 0.29) is 16.1 Å². The van der Waals surface area contributed by atoms with Crippen molar-refractivity contribution < 1.29 is 32.6 Å². The van der Waals surface area contributed by atoms with Crippen molar-refractivity contribution in [2.45, 2.75) is 77.4 Å². The molecule has 16 nitrogen and oxygen atoms in total. The SMILES string of the molecule is CC1(C)OB(c2c(Cl)ccc3c2oc2ccccc23)OC1(C)C.CC1(C)c2ccccc2-c2ccc(-c3ccc(-c4ccc5c(oc6ccccc65)c4-c4nc(-c5ccccc5)nc(-c5ccccc5)n4)cc3)cc21.CC1(C)c2ccccc2-c2ccc(-c3ccc(B(O)O)cc3)cc21.Clc1ccc2c(oc3ccccc32)c1-c1nc(-c2ccccc2)nc(-c2ccccc2)n1.Clc1nc(-c2ccccc2)nc(-c2ccccc2)n1. The van der Waals surface area contributed by atoms with Crippen LogP contribution in [0.1, 0.15) is 77.6 Å². The zero-order chi connectivity index (χ0) is 103. The number of halogens is 3. The maximum atomic E-state index is 9.24. The number of nitrogens with zero attached hydrogens (tertiary/aromatic N) is 9. The fourth-order valence-electron chi connectivity index (χ4n) is 20.3. The Kier molecular flexibility index (Phi) is 25.9. The minimum atomic E-state index is -1.42. The Labute approximate surface area is 883 Å². The first-order valence-electron chi connectivity index (χ1n) is 49.7. The van der Waals surface area contributed by atoms with Crippen molar-refractivity contribution in [3.8, 4) is 147 Å². The van der Waals surface area contributed by atoms with Crippen LogP contribution in [0.3, 0.4) is 0 Å². The van der Waals surface area contributed by atoms with Gasteiger partial charge in [0, 0.05) is 87.0 Å². The molecule has 0 bridgehead atoms. The molecule has 6 aromatic heterocycles. The zero-order valence-electron chi connectivity index (χ0n) is 83.2. The summed E-state index contributed by atoms with van der Waals surface area (Å²) in [4.78, 5) is 42.5. The van der Waals surface area contributed by atoms with Crippen LogP contribution in [0.2, 0.25) is 15.3 Å². The van der Waals surface area contributed by atoms with Gasteiger partial charge >= 0.3 is 14.2 Å². The number of fused-ring (bicyclic) bond motifs is 15. The molecular formula is C129H96B2Cl3N9O7. The molecule has 2 aliphatic carbocycles. The van der Waals surface area contributed by atoms with Gasteiger partial charge in [-0.2, -0.15) is 9.97 Å². The van der Waals surface area contributed by atoms with Crippen LogP contribution in [-0.2, 0) is 20.1 Å². The minimum Gasteiger partial charge on any atom is -0.456 e. The van der Waals surface area contributed by atoms with Gasteiger partial charge in [0.15, 0.2) is 46.6 Å². The van der Waals surface area contributed by atoms with Crippen LogP contribution in [0.4, 0.5) is 0 Å². The second-order valence-electron chi connectivity index (χ2n) is 39.4. The lowest BCUT2D eigenvalue weighted by molar-refractivity contribution is 0.00578. The predicted molar refractivity (Wildman–Crippen MR) is 610 cm³/mol. The van der Waals surface area contributed by atoms with Gasteiger partial charge in [-0.05, 0) is 183 Å². The molecule has 1 fully saturated rings. The highest BCUT2D eigenvalue weighted by Crippen LogP contribution is 2.53. The van der Waals surface area contributed by atoms with Crippen molar-refractivity contribution in [1.29, 1.82) is 0 Å². The largest absolute Gasteiger partial charge is 0.500 e. The Morgan fingerprint density at radius 1 is 0.233 bits per heavy atom. The summed E-state index contributed by atoms with van der Waals surface area (Å²) in [5.41, 5.74) is 29.4. The third-order valence-electron chi connectivity index (χ3n) is 28.8. The molecule has 0 spiro atoms. The molecule has 7 heterocycles. The van der Waals surface area contributed by atoms with Crippen molar-refractivity contribution in [2.24, 2.45) is 0 Å². The van der Waals surface area contributed by atoms with Crippen molar-refractivity contribution in [2.75, 3.05) is 0 Å². The molecule has 27 rings (SSSR count). The molecule has 1 saturated heterocycles. The Bertz CT molecular complexity index is 9040. The maximum absolute atomic E-state index is 9.24. The second kappa shape index (κ2) is 40.1. The molecular weight excluding hydrogens is 1920 g/mol. The summed E-state index contributed by atoms with van der Waals surface area (Å²) in [5, 5.41) is 26.0. The van der Waals surface area contributed by atoms with E-state index < -0.39 is 25.4 Å². The fraction of sp³-hybridized carbons (Fsp3) is 0.0930. The first-order valence-corrected chi connectivity index (χ1v) is 50.9. The van der Waals surface area contributed by atoms with Gasteiger partial charge in [-0.25, -0.2) is 34.9 Å². The lowest BCUT2D eigenvalue weighted by atomic mass is 9.78. The summed E-state index contributed by atoms with van der Waals surface area (Å²) < 4.78 is 31.3. The monoisotopic (exact) mass is 2010 g/mol. The van der Waals surface area contributed by atoms with Crippen LogP contribution in [0.5, 0.6) is 0 Å². The number of hydrogen-bond donors (Lipinski definition) is 2. The minimum absolute atomic E-state index is 0.0107. The molecule has 21 heteroatoms. The van der Waals surface area contributed by atoms with Crippen LogP contribution in [0.15, 0.2) is 438 Å². The molecule has 0 saturated carbocycles. The molecule has 0 amide bonds. The Hall–Kier alpha value is -16.8. The standard InChI is InChI=1S/C48H33N3O.C27H16ClN3O.C21H19BO2.C18H18BClO3.C15H10ClN3/c1-48(2)40-19-11-9-17-36(40)37-26-25-34(29-41(37)48)30-21-23-31(24-22-30)35-27-28-39-38-18-10-12-20-42(38)52-44(39)43(35)47-50-45(32-13-5-3-6-14-32)49-46(51-47)33-15-7-4-8-16-33;28-21-16-15-20-19-13-7-8-14-22(19)32-24(20)23(21)27-30-25(17-9-3-1-4-10-17)29-26(31-27)18-11-5-2-6-12-18;1-21(2)19-6-4-3-5-17(19)18-12-9-15(13-20(18)21)14-7-10-16(11-8-14)22(23)24;1-17(2)18(3,4)23-19(22-17)15-13(20)10-9-12-11-7-5-6-8-14(11)21-16(12)15;16-15-18-13(11-7-3-1-4-8-11)17-14(19-15)12-9-5-2-6-10-12/h3-29H,1-2H3;1-16H;3-13,23-24H,1-2H3;5-10H,1-4H3;1-10H. The summed E-state index contributed by atoms with van der Waals surface area (Å²) >= 11 is 19.2. The molecule has 150 heavy (non-hydrogen) atoms. The van der Waals surface area contributed by atoms with Gasteiger partial charge in [-0.15, -0.1) is 0 Å². The van der Waals surface area contributed by atoms with Gasteiger partial charge in [0.05, 0.1) is 27.4 Å². The molecule has 0 atom stereocenters. The summed E-state index contributed by atoms with van der Waals surface area (Å²) in [7, 11) is -1.97. The Morgan fingerprint density at radius 3 is 0.913 bits per heavy atom. The smallest absolute Gasteiger partial charge is 0.456 e. The number of rotatable bonds is 13. The number of aromatic nitrogens is 9. The van der Waals surface area contributed by atoms with Gasteiger partial charge in [-0.3, -0.25) is 0 Å².